The van der Waals surface area contributed by atoms with Crippen LogP contribution >= 0.6 is 23.4 Å². The van der Waals surface area contributed by atoms with Crippen LogP contribution < -0.4 is 0 Å². The van der Waals surface area contributed by atoms with E-state index in [9.17, 15) is 9.59 Å². The van der Waals surface area contributed by atoms with Crippen LogP contribution in [0.2, 0.25) is 5.02 Å². The fourth-order valence-corrected chi connectivity index (χ4v) is 5.63. The van der Waals surface area contributed by atoms with Crippen LogP contribution in [0, 0.1) is 0 Å². The molecule has 0 fully saturated rings. The third kappa shape index (κ3) is 5.02. The van der Waals surface area contributed by atoms with Gasteiger partial charge in [-0.25, -0.2) is 4.98 Å². The molecule has 1 aromatic heterocycles. The average molecular weight is 500 g/mol. The van der Waals surface area contributed by atoms with Gasteiger partial charge in [0.1, 0.15) is 11.6 Å². The van der Waals surface area contributed by atoms with Crippen molar-refractivity contribution in [1.82, 2.24) is 4.98 Å². The maximum atomic E-state index is 12.7. The Morgan fingerprint density at radius 3 is 2.40 bits per heavy atom. The van der Waals surface area contributed by atoms with Crippen molar-refractivity contribution in [2.24, 2.45) is 0 Å². The smallest absolute Gasteiger partial charge is 0.306 e. The van der Waals surface area contributed by atoms with E-state index in [1.54, 1.807) is 24.4 Å². The Hall–Kier alpha value is -3.41. The van der Waals surface area contributed by atoms with Gasteiger partial charge in [-0.1, -0.05) is 71.9 Å². The SMILES string of the molecule is O=Cc1cccnc1Sc1ccc(Cl)cc1CCC(=O)OCC1c2ccccc2-c2ccccc21. The number of benzene rings is 3. The Morgan fingerprint density at radius 2 is 1.69 bits per heavy atom. The molecule has 6 heteroatoms. The predicted octanol–water partition coefficient (Wildman–Crippen LogP) is 6.99. The van der Waals surface area contributed by atoms with Crippen LogP contribution in [0.5, 0.6) is 0 Å². The summed E-state index contributed by atoms with van der Waals surface area (Å²) in [6, 6.07) is 25.6. The van der Waals surface area contributed by atoms with Gasteiger partial charge in [0.15, 0.2) is 6.29 Å². The number of hydrogen-bond acceptors (Lipinski definition) is 5. The number of ether oxygens (including phenoxy) is 1. The molecule has 0 aliphatic heterocycles. The average Bonchev–Trinajstić information content (AvgIpc) is 3.21. The third-order valence-electron chi connectivity index (χ3n) is 6.13. The molecule has 1 aliphatic rings. The molecule has 4 nitrogen and oxygen atoms in total. The molecule has 35 heavy (non-hydrogen) atoms. The molecule has 0 saturated carbocycles. The van der Waals surface area contributed by atoms with Gasteiger partial charge < -0.3 is 4.74 Å². The summed E-state index contributed by atoms with van der Waals surface area (Å²) in [5.41, 5.74) is 6.23. The lowest BCUT2D eigenvalue weighted by atomic mass is 9.98. The molecule has 5 rings (SSSR count). The number of fused-ring (bicyclic) bond motifs is 3. The molecule has 0 radical (unpaired) electrons. The highest BCUT2D eigenvalue weighted by Gasteiger charge is 2.29. The molecule has 0 bridgehead atoms. The van der Waals surface area contributed by atoms with Gasteiger partial charge in [0, 0.05) is 34.0 Å². The van der Waals surface area contributed by atoms with E-state index in [0.29, 0.717) is 28.6 Å². The summed E-state index contributed by atoms with van der Waals surface area (Å²) in [5, 5.41) is 1.21. The summed E-state index contributed by atoms with van der Waals surface area (Å²) in [5.74, 6) is -0.219. The number of halogens is 1. The van der Waals surface area contributed by atoms with Crippen LogP contribution in [0.3, 0.4) is 0 Å². The van der Waals surface area contributed by atoms with E-state index < -0.39 is 0 Å². The van der Waals surface area contributed by atoms with Crippen molar-refractivity contribution in [2.45, 2.75) is 28.7 Å². The number of aldehydes is 1. The van der Waals surface area contributed by atoms with Gasteiger partial charge in [-0.15, -0.1) is 0 Å². The second-order valence-corrected chi connectivity index (χ2v) is 9.75. The minimum Gasteiger partial charge on any atom is -0.465 e. The number of aromatic nitrogens is 1. The van der Waals surface area contributed by atoms with Gasteiger partial charge in [-0.3, -0.25) is 9.59 Å². The lowest BCUT2D eigenvalue weighted by Crippen LogP contribution is -2.13. The Bertz CT molecular complexity index is 1360. The predicted molar refractivity (Wildman–Crippen MR) is 138 cm³/mol. The third-order valence-corrected chi connectivity index (χ3v) is 7.52. The van der Waals surface area contributed by atoms with Crippen molar-refractivity contribution >= 4 is 35.6 Å². The van der Waals surface area contributed by atoms with Gasteiger partial charge in [0.05, 0.1) is 0 Å². The quantitative estimate of drug-likeness (QED) is 0.193. The van der Waals surface area contributed by atoms with E-state index in [0.717, 1.165) is 16.7 Å². The van der Waals surface area contributed by atoms with E-state index in [2.05, 4.69) is 29.2 Å². The summed E-state index contributed by atoms with van der Waals surface area (Å²) in [7, 11) is 0. The second kappa shape index (κ2) is 10.5. The van der Waals surface area contributed by atoms with Crippen LogP contribution in [-0.4, -0.2) is 23.8 Å². The topological polar surface area (TPSA) is 56.3 Å². The van der Waals surface area contributed by atoms with E-state index in [-0.39, 0.29) is 18.3 Å². The van der Waals surface area contributed by atoms with Crippen molar-refractivity contribution in [1.29, 1.82) is 0 Å². The highest BCUT2D eigenvalue weighted by atomic mass is 35.5. The van der Waals surface area contributed by atoms with Crippen LogP contribution in [0.1, 0.15) is 39.4 Å². The fourth-order valence-electron chi connectivity index (χ4n) is 4.45. The Balaban J connectivity index is 1.26. The van der Waals surface area contributed by atoms with Gasteiger partial charge >= 0.3 is 5.97 Å². The van der Waals surface area contributed by atoms with Crippen molar-refractivity contribution in [3.63, 3.8) is 0 Å². The van der Waals surface area contributed by atoms with Crippen molar-refractivity contribution in [3.05, 3.63) is 112 Å². The first-order valence-corrected chi connectivity index (χ1v) is 12.5. The molecule has 0 spiro atoms. The fraction of sp³-hybridized carbons (Fsp3) is 0.138. The van der Waals surface area contributed by atoms with Crippen molar-refractivity contribution < 1.29 is 14.3 Å². The highest BCUT2D eigenvalue weighted by Crippen LogP contribution is 2.44. The zero-order valence-corrected chi connectivity index (χ0v) is 20.4. The number of aryl methyl sites for hydroxylation is 1. The number of pyridine rings is 1. The summed E-state index contributed by atoms with van der Waals surface area (Å²) < 4.78 is 5.75. The number of carbonyl (C=O) groups excluding carboxylic acids is 2. The summed E-state index contributed by atoms with van der Waals surface area (Å²) >= 11 is 7.63. The first kappa shape index (κ1) is 23.3. The van der Waals surface area contributed by atoms with Gasteiger partial charge in [0.2, 0.25) is 0 Å². The molecule has 174 valence electrons. The maximum absolute atomic E-state index is 12.7. The van der Waals surface area contributed by atoms with Crippen LogP contribution in [0.25, 0.3) is 11.1 Å². The largest absolute Gasteiger partial charge is 0.465 e. The molecule has 3 aromatic carbocycles. The molecule has 4 aromatic rings. The van der Waals surface area contributed by atoms with Crippen LogP contribution in [-0.2, 0) is 16.0 Å². The second-order valence-electron chi connectivity index (χ2n) is 8.28. The molecular formula is C29H22ClNO3S. The normalized spacial score (nSPS) is 12.1. The monoisotopic (exact) mass is 499 g/mol. The van der Waals surface area contributed by atoms with E-state index in [1.807, 2.05) is 36.4 Å². The Kier molecular flexibility index (Phi) is 6.98. The lowest BCUT2D eigenvalue weighted by molar-refractivity contribution is -0.143. The minimum atomic E-state index is -0.255. The maximum Gasteiger partial charge on any atom is 0.306 e. The molecular weight excluding hydrogens is 478 g/mol. The van der Waals surface area contributed by atoms with E-state index in [4.69, 9.17) is 16.3 Å². The number of hydrogen-bond donors (Lipinski definition) is 0. The molecule has 0 saturated heterocycles. The minimum absolute atomic E-state index is 0.0366. The molecule has 0 atom stereocenters. The van der Waals surface area contributed by atoms with Gasteiger partial charge in [0.25, 0.3) is 0 Å². The molecule has 0 N–H and O–H groups in total. The number of rotatable bonds is 8. The first-order valence-electron chi connectivity index (χ1n) is 11.3. The molecule has 0 amide bonds. The summed E-state index contributed by atoms with van der Waals surface area (Å²) in [6.07, 6.45) is 3.15. The molecule has 1 aliphatic carbocycles. The van der Waals surface area contributed by atoms with Gasteiger partial charge in [-0.05, 0) is 64.6 Å². The molecule has 0 unspecified atom stereocenters. The van der Waals surface area contributed by atoms with Gasteiger partial charge in [-0.2, -0.15) is 0 Å². The van der Waals surface area contributed by atoms with Crippen molar-refractivity contribution in [2.75, 3.05) is 6.61 Å². The first-order chi connectivity index (χ1) is 17.1. The lowest BCUT2D eigenvalue weighted by Gasteiger charge is -2.15. The molecule has 1 heterocycles. The number of esters is 1. The standard InChI is InChI=1S/C29H22ClNO3S/c30-21-12-13-27(35-29-20(17-32)6-5-15-31-29)19(16-21)11-14-28(33)34-18-26-24-9-3-1-7-22(24)23-8-2-4-10-25(23)26/h1-10,12-13,15-17,26H,11,14,18H2. The zero-order chi connectivity index (χ0) is 24.2. The Morgan fingerprint density at radius 1 is 0.971 bits per heavy atom. The zero-order valence-electron chi connectivity index (χ0n) is 18.8. The Labute approximate surface area is 213 Å². The van der Waals surface area contributed by atoms with Crippen LogP contribution in [0.15, 0.2) is 95.0 Å². The summed E-state index contributed by atoms with van der Waals surface area (Å²) in [6.45, 7) is 0.306. The summed E-state index contributed by atoms with van der Waals surface area (Å²) in [4.78, 5) is 29.3. The number of nitrogens with zero attached hydrogens (tertiary/aromatic N) is 1. The van der Waals surface area contributed by atoms with E-state index in [1.165, 1.54) is 34.0 Å². The highest BCUT2D eigenvalue weighted by molar-refractivity contribution is 7.99. The number of carbonyl (C=O) groups is 2. The van der Waals surface area contributed by atoms with E-state index >= 15 is 0 Å². The van der Waals surface area contributed by atoms with Crippen LogP contribution in [0.4, 0.5) is 0 Å². The van der Waals surface area contributed by atoms with Crippen molar-refractivity contribution in [3.8, 4) is 11.1 Å².